The van der Waals surface area contributed by atoms with Crippen LogP contribution in [0.4, 0.5) is 5.82 Å². The van der Waals surface area contributed by atoms with Crippen molar-refractivity contribution < 1.29 is 9.84 Å². The lowest BCUT2D eigenvalue weighted by atomic mass is 10.2. The second-order valence-electron chi connectivity index (χ2n) is 3.52. The van der Waals surface area contributed by atoms with Crippen molar-refractivity contribution in [2.45, 2.75) is 0 Å². The number of nitrogens with zero attached hydrogens (tertiary/aromatic N) is 3. The van der Waals surface area contributed by atoms with Gasteiger partial charge in [-0.05, 0) is 18.2 Å². The van der Waals surface area contributed by atoms with Crippen LogP contribution in [0, 0.1) is 0 Å². The number of rotatable bonds is 4. The zero-order valence-electron chi connectivity index (χ0n) is 10.0. The van der Waals surface area contributed by atoms with Gasteiger partial charge in [0.2, 0.25) is 5.88 Å². The van der Waals surface area contributed by atoms with E-state index in [1.165, 1.54) is 19.7 Å². The van der Waals surface area contributed by atoms with Crippen LogP contribution in [0.25, 0.3) is 0 Å². The second kappa shape index (κ2) is 6.14. The third-order valence-electron chi connectivity index (χ3n) is 2.22. The van der Waals surface area contributed by atoms with Crippen LogP contribution in [0.15, 0.2) is 40.2 Å². The number of aromatic nitrogens is 2. The van der Waals surface area contributed by atoms with E-state index in [0.717, 1.165) is 4.47 Å². The summed E-state index contributed by atoms with van der Waals surface area (Å²) in [7, 11) is 1.52. The first-order chi connectivity index (χ1) is 9.19. The van der Waals surface area contributed by atoms with Gasteiger partial charge in [0.1, 0.15) is 12.1 Å². The van der Waals surface area contributed by atoms with Gasteiger partial charge in [-0.25, -0.2) is 9.97 Å². The van der Waals surface area contributed by atoms with Gasteiger partial charge in [-0.15, -0.1) is 0 Å². The molecule has 0 fully saturated rings. The zero-order chi connectivity index (χ0) is 13.7. The third-order valence-corrected chi connectivity index (χ3v) is 2.72. The van der Waals surface area contributed by atoms with Crippen molar-refractivity contribution in [1.29, 1.82) is 0 Å². The quantitative estimate of drug-likeness (QED) is 0.667. The van der Waals surface area contributed by atoms with Crippen LogP contribution in [0.1, 0.15) is 5.56 Å². The lowest BCUT2D eigenvalue weighted by Crippen LogP contribution is -1.96. The van der Waals surface area contributed by atoms with E-state index in [2.05, 4.69) is 36.4 Å². The van der Waals surface area contributed by atoms with Crippen LogP contribution in [0.5, 0.6) is 11.6 Å². The number of ether oxygens (including phenoxy) is 1. The van der Waals surface area contributed by atoms with E-state index >= 15 is 0 Å². The Balaban J connectivity index is 2.08. The fourth-order valence-corrected chi connectivity index (χ4v) is 1.69. The zero-order valence-corrected chi connectivity index (χ0v) is 11.6. The number of halogens is 1. The Morgan fingerprint density at radius 2 is 2.21 bits per heavy atom. The molecule has 0 spiro atoms. The molecule has 0 aliphatic heterocycles. The molecule has 0 aliphatic carbocycles. The summed E-state index contributed by atoms with van der Waals surface area (Å²) in [4.78, 5) is 7.85. The van der Waals surface area contributed by atoms with Crippen molar-refractivity contribution >= 4 is 28.0 Å². The molecule has 1 aromatic heterocycles. The van der Waals surface area contributed by atoms with E-state index in [4.69, 9.17) is 4.74 Å². The summed E-state index contributed by atoms with van der Waals surface area (Å²) in [6, 6.07) is 6.69. The molecule has 6 nitrogen and oxygen atoms in total. The molecule has 0 amide bonds. The Hall–Kier alpha value is -2.15. The summed E-state index contributed by atoms with van der Waals surface area (Å²) in [5.41, 5.74) is 3.31. The summed E-state index contributed by atoms with van der Waals surface area (Å²) in [6.07, 6.45) is 2.86. The van der Waals surface area contributed by atoms with Gasteiger partial charge in [0, 0.05) is 16.1 Å². The minimum absolute atomic E-state index is 0.147. The molecular formula is C12H11BrN4O2. The van der Waals surface area contributed by atoms with Crippen LogP contribution in [0.2, 0.25) is 0 Å². The highest BCUT2D eigenvalue weighted by Crippen LogP contribution is 2.20. The van der Waals surface area contributed by atoms with Gasteiger partial charge in [-0.3, -0.25) is 5.43 Å². The maximum Gasteiger partial charge on any atom is 0.218 e. The number of aromatic hydroxyl groups is 1. The average Bonchev–Trinajstić information content (AvgIpc) is 2.43. The summed E-state index contributed by atoms with van der Waals surface area (Å²) >= 11 is 3.32. The molecule has 2 aromatic rings. The van der Waals surface area contributed by atoms with Crippen molar-refractivity contribution in [3.8, 4) is 11.6 Å². The van der Waals surface area contributed by atoms with Gasteiger partial charge in [0.25, 0.3) is 0 Å². The number of phenolic OH excluding ortho intramolecular Hbond substituents is 1. The normalized spacial score (nSPS) is 10.6. The molecule has 19 heavy (non-hydrogen) atoms. The van der Waals surface area contributed by atoms with Crippen molar-refractivity contribution in [2.24, 2.45) is 5.10 Å². The predicted octanol–water partition coefficient (Wildman–Crippen LogP) is 2.40. The largest absolute Gasteiger partial charge is 0.507 e. The number of hydrogen-bond donors (Lipinski definition) is 2. The Morgan fingerprint density at radius 3 is 3.00 bits per heavy atom. The van der Waals surface area contributed by atoms with E-state index in [-0.39, 0.29) is 5.75 Å². The van der Waals surface area contributed by atoms with Gasteiger partial charge < -0.3 is 9.84 Å². The van der Waals surface area contributed by atoms with Crippen LogP contribution < -0.4 is 10.2 Å². The van der Waals surface area contributed by atoms with Gasteiger partial charge in [-0.1, -0.05) is 15.9 Å². The van der Waals surface area contributed by atoms with Gasteiger partial charge >= 0.3 is 0 Å². The third kappa shape index (κ3) is 3.65. The lowest BCUT2D eigenvalue weighted by Gasteiger charge is -2.02. The lowest BCUT2D eigenvalue weighted by molar-refractivity contribution is 0.397. The molecular weight excluding hydrogens is 312 g/mol. The fourth-order valence-electron chi connectivity index (χ4n) is 1.31. The Morgan fingerprint density at radius 1 is 1.37 bits per heavy atom. The maximum absolute atomic E-state index is 9.63. The number of anilines is 1. The molecule has 0 unspecified atom stereocenters. The minimum Gasteiger partial charge on any atom is -0.507 e. The van der Waals surface area contributed by atoms with Crippen LogP contribution >= 0.6 is 15.9 Å². The highest BCUT2D eigenvalue weighted by atomic mass is 79.9. The summed E-state index contributed by atoms with van der Waals surface area (Å²) in [5.74, 6) is 1.09. The molecule has 2 rings (SSSR count). The van der Waals surface area contributed by atoms with E-state index < -0.39 is 0 Å². The molecule has 98 valence electrons. The predicted molar refractivity (Wildman–Crippen MR) is 75.6 cm³/mol. The number of benzene rings is 1. The van der Waals surface area contributed by atoms with Gasteiger partial charge in [-0.2, -0.15) is 5.10 Å². The van der Waals surface area contributed by atoms with Crippen LogP contribution in [-0.2, 0) is 0 Å². The van der Waals surface area contributed by atoms with E-state index in [1.807, 2.05) is 0 Å². The summed E-state index contributed by atoms with van der Waals surface area (Å²) in [5, 5.41) is 13.6. The number of phenols is 1. The molecule has 0 saturated heterocycles. The van der Waals surface area contributed by atoms with E-state index in [9.17, 15) is 5.11 Å². The molecule has 0 saturated carbocycles. The molecule has 0 radical (unpaired) electrons. The van der Waals surface area contributed by atoms with Crippen LogP contribution in [-0.4, -0.2) is 28.4 Å². The minimum atomic E-state index is 0.147. The SMILES string of the molecule is COc1cc(N/N=C/c2cc(Br)ccc2O)ncn1. The molecule has 7 heteroatoms. The Labute approximate surface area is 118 Å². The Bertz CT molecular complexity index is 604. The first-order valence-corrected chi connectivity index (χ1v) is 6.12. The number of hydrogen-bond acceptors (Lipinski definition) is 6. The Kier molecular flexibility index (Phi) is 4.30. The first-order valence-electron chi connectivity index (χ1n) is 5.32. The molecule has 1 aromatic carbocycles. The van der Waals surface area contributed by atoms with Crippen molar-refractivity contribution in [1.82, 2.24) is 9.97 Å². The van der Waals surface area contributed by atoms with Crippen molar-refractivity contribution in [2.75, 3.05) is 12.5 Å². The highest BCUT2D eigenvalue weighted by molar-refractivity contribution is 9.10. The highest BCUT2D eigenvalue weighted by Gasteiger charge is 1.99. The number of hydrazone groups is 1. The topological polar surface area (TPSA) is 79.6 Å². The smallest absolute Gasteiger partial charge is 0.218 e. The van der Waals surface area contributed by atoms with E-state index in [0.29, 0.717) is 17.3 Å². The molecule has 0 aliphatic rings. The molecule has 1 heterocycles. The summed E-state index contributed by atoms with van der Waals surface area (Å²) in [6.45, 7) is 0. The van der Waals surface area contributed by atoms with Crippen molar-refractivity contribution in [3.63, 3.8) is 0 Å². The summed E-state index contributed by atoms with van der Waals surface area (Å²) < 4.78 is 5.82. The number of nitrogens with one attached hydrogen (secondary N) is 1. The molecule has 0 atom stereocenters. The second-order valence-corrected chi connectivity index (χ2v) is 4.43. The maximum atomic E-state index is 9.63. The van der Waals surface area contributed by atoms with Gasteiger partial charge in [0.05, 0.1) is 13.3 Å². The molecule has 0 bridgehead atoms. The van der Waals surface area contributed by atoms with Gasteiger partial charge in [0.15, 0.2) is 5.82 Å². The van der Waals surface area contributed by atoms with Crippen molar-refractivity contribution in [3.05, 3.63) is 40.6 Å². The molecule has 2 N–H and O–H groups in total. The first kappa shape index (κ1) is 13.3. The monoisotopic (exact) mass is 322 g/mol. The number of methoxy groups -OCH3 is 1. The fraction of sp³-hybridized carbons (Fsp3) is 0.0833. The van der Waals surface area contributed by atoms with Crippen LogP contribution in [0.3, 0.4) is 0 Å². The van der Waals surface area contributed by atoms with E-state index in [1.54, 1.807) is 24.3 Å². The average molecular weight is 323 g/mol. The standard InChI is InChI=1S/C12H11BrN4O2/c1-19-12-5-11(14-7-15-12)17-16-6-8-4-9(13)2-3-10(8)18/h2-7,18H,1H3,(H,14,15,17)/b16-6+.